The second kappa shape index (κ2) is 7.39. The molecule has 0 radical (unpaired) electrons. The number of amides is 1. The van der Waals surface area contributed by atoms with E-state index < -0.39 is 0 Å². The average Bonchev–Trinajstić information content (AvgIpc) is 3.20. The normalized spacial score (nSPS) is 30.3. The van der Waals surface area contributed by atoms with Gasteiger partial charge >= 0.3 is 0 Å². The van der Waals surface area contributed by atoms with Gasteiger partial charge in [-0.05, 0) is 62.4 Å². The Balaban J connectivity index is 0.00000176. The fraction of sp³-hybridized carbons (Fsp3) is 0.562. The monoisotopic (exact) mass is 362 g/mol. The van der Waals surface area contributed by atoms with E-state index >= 15 is 0 Å². The van der Waals surface area contributed by atoms with Crippen molar-refractivity contribution in [2.24, 2.45) is 5.92 Å². The van der Waals surface area contributed by atoms with Gasteiger partial charge in [-0.15, -0.1) is 12.4 Å². The highest BCUT2D eigenvalue weighted by Gasteiger charge is 2.44. The van der Waals surface area contributed by atoms with Crippen LogP contribution in [-0.4, -0.2) is 24.5 Å². The average molecular weight is 364 g/mol. The maximum Gasteiger partial charge on any atom is 0.224 e. The first-order chi connectivity index (χ1) is 10.0. The molecule has 4 unspecified atom stereocenters. The van der Waals surface area contributed by atoms with Crippen LogP contribution in [0.5, 0.6) is 0 Å². The lowest BCUT2D eigenvalue weighted by molar-refractivity contribution is -0.123. The fourth-order valence-electron chi connectivity index (χ4n) is 3.17. The highest BCUT2D eigenvalue weighted by molar-refractivity contribution is 6.34. The zero-order valence-electron chi connectivity index (χ0n) is 12.4. The van der Waals surface area contributed by atoms with Gasteiger partial charge in [0.25, 0.3) is 0 Å². The molecule has 0 bridgehead atoms. The van der Waals surface area contributed by atoms with E-state index in [0.717, 1.165) is 31.4 Å². The van der Waals surface area contributed by atoms with Crippen molar-refractivity contribution in [3.63, 3.8) is 0 Å². The Labute approximate surface area is 147 Å². The molecule has 122 valence electrons. The van der Waals surface area contributed by atoms with Crippen LogP contribution < -0.4 is 10.6 Å². The van der Waals surface area contributed by atoms with Gasteiger partial charge in [-0.2, -0.15) is 0 Å². The van der Waals surface area contributed by atoms with Gasteiger partial charge in [-0.3, -0.25) is 4.79 Å². The van der Waals surface area contributed by atoms with E-state index in [9.17, 15) is 4.79 Å². The molecule has 1 aliphatic carbocycles. The molecule has 22 heavy (non-hydrogen) atoms. The molecular formula is C16H21Cl3N2O. The zero-order chi connectivity index (χ0) is 15.0. The molecule has 1 saturated carbocycles. The van der Waals surface area contributed by atoms with Gasteiger partial charge in [-0.1, -0.05) is 23.2 Å². The molecule has 1 aromatic rings. The molecule has 3 nitrogen and oxygen atoms in total. The topological polar surface area (TPSA) is 41.1 Å². The first-order valence-corrected chi connectivity index (χ1v) is 8.30. The third-order valence-corrected chi connectivity index (χ3v) is 4.97. The van der Waals surface area contributed by atoms with Crippen LogP contribution in [0.2, 0.25) is 10.0 Å². The maximum absolute atomic E-state index is 12.4. The number of carbonyl (C=O) groups is 1. The van der Waals surface area contributed by atoms with Crippen LogP contribution in [0.4, 0.5) is 0 Å². The van der Waals surface area contributed by atoms with Crippen molar-refractivity contribution in [1.82, 2.24) is 10.6 Å². The molecule has 1 saturated heterocycles. The molecule has 1 aliphatic heterocycles. The predicted octanol–water partition coefficient (Wildman–Crippen LogP) is 3.78. The number of benzene rings is 1. The molecule has 4 atom stereocenters. The minimum absolute atomic E-state index is 0. The Morgan fingerprint density at radius 1 is 1.27 bits per heavy atom. The van der Waals surface area contributed by atoms with E-state index in [1.165, 1.54) is 0 Å². The standard InChI is InChI=1S/C16H20Cl2N2O.ClH/c1-9-15(3-2-4-19-9)20-16(21)14-8-13(14)10-5-11(17)7-12(18)6-10;/h5-7,9,13-15,19H,2-4,8H2,1H3,(H,20,21);1H. The number of hydrogen-bond donors (Lipinski definition) is 2. The molecule has 2 fully saturated rings. The summed E-state index contributed by atoms with van der Waals surface area (Å²) in [5.41, 5.74) is 1.07. The van der Waals surface area contributed by atoms with E-state index in [4.69, 9.17) is 23.2 Å². The molecule has 2 aliphatic rings. The van der Waals surface area contributed by atoms with Gasteiger partial charge in [0, 0.05) is 28.0 Å². The van der Waals surface area contributed by atoms with Crippen LogP contribution >= 0.6 is 35.6 Å². The molecule has 0 spiro atoms. The first-order valence-electron chi connectivity index (χ1n) is 7.54. The Bertz CT molecular complexity index is 532. The van der Waals surface area contributed by atoms with Crippen molar-refractivity contribution in [2.75, 3.05) is 6.54 Å². The summed E-state index contributed by atoms with van der Waals surface area (Å²) in [5.74, 6) is 0.485. The van der Waals surface area contributed by atoms with Crippen molar-refractivity contribution >= 4 is 41.5 Å². The first kappa shape index (κ1) is 17.9. The van der Waals surface area contributed by atoms with Gasteiger partial charge in [0.1, 0.15) is 0 Å². The van der Waals surface area contributed by atoms with Gasteiger partial charge in [0.15, 0.2) is 0 Å². The molecule has 2 N–H and O–H groups in total. The number of nitrogens with one attached hydrogen (secondary N) is 2. The quantitative estimate of drug-likeness (QED) is 0.858. The van der Waals surface area contributed by atoms with E-state index in [-0.39, 0.29) is 36.2 Å². The molecular weight excluding hydrogens is 343 g/mol. The predicted molar refractivity (Wildman–Crippen MR) is 93.2 cm³/mol. The maximum atomic E-state index is 12.4. The zero-order valence-corrected chi connectivity index (χ0v) is 14.8. The molecule has 6 heteroatoms. The van der Waals surface area contributed by atoms with E-state index in [1.54, 1.807) is 6.07 Å². The van der Waals surface area contributed by atoms with E-state index in [0.29, 0.717) is 16.1 Å². The number of halogens is 3. The number of carbonyl (C=O) groups excluding carboxylic acids is 1. The number of rotatable bonds is 3. The van der Waals surface area contributed by atoms with E-state index in [1.807, 2.05) is 12.1 Å². The summed E-state index contributed by atoms with van der Waals surface area (Å²) in [5, 5.41) is 7.86. The molecule has 1 aromatic carbocycles. The Kier molecular flexibility index (Phi) is 6.00. The van der Waals surface area contributed by atoms with Crippen LogP contribution in [0.3, 0.4) is 0 Å². The van der Waals surface area contributed by atoms with Crippen molar-refractivity contribution in [3.05, 3.63) is 33.8 Å². The minimum atomic E-state index is 0. The molecule has 3 rings (SSSR count). The summed E-state index contributed by atoms with van der Waals surface area (Å²) in [7, 11) is 0. The lowest BCUT2D eigenvalue weighted by Gasteiger charge is -2.30. The van der Waals surface area contributed by atoms with Gasteiger partial charge < -0.3 is 10.6 Å². The van der Waals surface area contributed by atoms with Crippen molar-refractivity contribution in [1.29, 1.82) is 0 Å². The molecule has 1 heterocycles. The summed E-state index contributed by atoms with van der Waals surface area (Å²) in [6.45, 7) is 3.17. The largest absolute Gasteiger partial charge is 0.352 e. The van der Waals surface area contributed by atoms with Gasteiger partial charge in [0.05, 0.1) is 0 Å². The summed E-state index contributed by atoms with van der Waals surface area (Å²) < 4.78 is 0. The number of piperidine rings is 1. The Morgan fingerprint density at radius 3 is 2.59 bits per heavy atom. The summed E-state index contributed by atoms with van der Waals surface area (Å²) in [4.78, 5) is 12.4. The van der Waals surface area contributed by atoms with Crippen LogP contribution in [-0.2, 0) is 4.79 Å². The van der Waals surface area contributed by atoms with E-state index in [2.05, 4.69) is 17.6 Å². The highest BCUT2D eigenvalue weighted by Crippen LogP contribution is 2.48. The molecule has 1 amide bonds. The number of hydrogen-bond acceptors (Lipinski definition) is 2. The summed E-state index contributed by atoms with van der Waals surface area (Å²) in [6.07, 6.45) is 3.06. The SMILES string of the molecule is CC1NCCCC1NC(=O)C1CC1c1cc(Cl)cc(Cl)c1.Cl. The van der Waals surface area contributed by atoms with Gasteiger partial charge in [0.2, 0.25) is 5.91 Å². The Morgan fingerprint density at radius 2 is 1.95 bits per heavy atom. The lowest BCUT2D eigenvalue weighted by atomic mass is 9.99. The lowest BCUT2D eigenvalue weighted by Crippen LogP contribution is -2.52. The highest BCUT2D eigenvalue weighted by atomic mass is 35.5. The molecule has 0 aromatic heterocycles. The van der Waals surface area contributed by atoms with Crippen molar-refractivity contribution in [2.45, 2.75) is 44.2 Å². The summed E-state index contributed by atoms with van der Waals surface area (Å²) in [6, 6.07) is 6.14. The van der Waals surface area contributed by atoms with Crippen molar-refractivity contribution < 1.29 is 4.79 Å². The third kappa shape index (κ3) is 4.08. The fourth-order valence-corrected chi connectivity index (χ4v) is 3.72. The second-order valence-corrected chi connectivity index (χ2v) is 7.02. The smallest absolute Gasteiger partial charge is 0.224 e. The van der Waals surface area contributed by atoms with Crippen LogP contribution in [0.15, 0.2) is 18.2 Å². The van der Waals surface area contributed by atoms with Crippen LogP contribution in [0.25, 0.3) is 0 Å². The minimum Gasteiger partial charge on any atom is -0.352 e. The summed E-state index contributed by atoms with van der Waals surface area (Å²) >= 11 is 12.1. The Hall–Kier alpha value is -0.480. The van der Waals surface area contributed by atoms with Crippen LogP contribution in [0, 0.1) is 5.92 Å². The third-order valence-electron chi connectivity index (χ3n) is 4.53. The second-order valence-electron chi connectivity index (χ2n) is 6.15. The van der Waals surface area contributed by atoms with Gasteiger partial charge in [-0.25, -0.2) is 0 Å². The van der Waals surface area contributed by atoms with Crippen molar-refractivity contribution in [3.8, 4) is 0 Å². The van der Waals surface area contributed by atoms with Crippen LogP contribution in [0.1, 0.15) is 37.7 Å².